The Morgan fingerprint density at radius 2 is 1.67 bits per heavy atom. The van der Waals surface area contributed by atoms with Gasteiger partial charge in [0.05, 0.1) is 5.52 Å². The lowest BCUT2D eigenvalue weighted by molar-refractivity contribution is -0.118. The molecule has 0 spiro atoms. The smallest absolute Gasteiger partial charge is 0.137 e. The van der Waals surface area contributed by atoms with E-state index in [1.54, 1.807) is 6.20 Å². The van der Waals surface area contributed by atoms with Gasteiger partial charge in [0.1, 0.15) is 5.78 Å². The van der Waals surface area contributed by atoms with Crippen LogP contribution in [-0.4, -0.2) is 10.8 Å². The fourth-order valence-electron chi connectivity index (χ4n) is 2.54. The fraction of sp³-hybridized carbons (Fsp3) is 0.158. The highest BCUT2D eigenvalue weighted by atomic mass is 16.1. The first-order valence-corrected chi connectivity index (χ1v) is 7.21. The minimum absolute atomic E-state index is 0.273. The van der Waals surface area contributed by atoms with Crippen molar-refractivity contribution in [1.82, 2.24) is 4.98 Å². The summed E-state index contributed by atoms with van der Waals surface area (Å²) in [4.78, 5) is 16.5. The Balaban J connectivity index is 1.69. The minimum Gasteiger partial charge on any atom is -0.299 e. The Bertz CT molecular complexity index is 744. The predicted molar refractivity (Wildman–Crippen MR) is 85.2 cm³/mol. The quantitative estimate of drug-likeness (QED) is 0.705. The molecule has 0 bridgehead atoms. The number of nitrogens with zero attached hydrogens (tertiary/aromatic N) is 1. The lowest BCUT2D eigenvalue weighted by Gasteiger charge is -2.05. The average molecular weight is 275 g/mol. The average Bonchev–Trinajstić information content (AvgIpc) is 2.54. The van der Waals surface area contributed by atoms with Crippen molar-refractivity contribution in [2.45, 2.75) is 19.3 Å². The zero-order valence-electron chi connectivity index (χ0n) is 11.8. The van der Waals surface area contributed by atoms with Gasteiger partial charge in [-0.25, -0.2) is 0 Å². The number of ketones is 1. The van der Waals surface area contributed by atoms with Gasteiger partial charge in [0.15, 0.2) is 0 Å². The highest BCUT2D eigenvalue weighted by Crippen LogP contribution is 2.17. The van der Waals surface area contributed by atoms with Gasteiger partial charge in [-0.05, 0) is 29.7 Å². The summed E-state index contributed by atoms with van der Waals surface area (Å²) in [6, 6.07) is 20.1. The molecule has 0 aliphatic rings. The van der Waals surface area contributed by atoms with Crippen molar-refractivity contribution in [1.29, 1.82) is 0 Å². The summed E-state index contributed by atoms with van der Waals surface area (Å²) in [6.07, 6.45) is 3.65. The third-order valence-corrected chi connectivity index (χ3v) is 3.66. The monoisotopic (exact) mass is 275 g/mol. The third-order valence-electron chi connectivity index (χ3n) is 3.66. The summed E-state index contributed by atoms with van der Waals surface area (Å²) in [5, 5.41) is 1.08. The summed E-state index contributed by atoms with van der Waals surface area (Å²) in [5.74, 6) is 0.273. The number of para-hydroxylation sites is 1. The second kappa shape index (κ2) is 6.31. The van der Waals surface area contributed by atoms with Crippen molar-refractivity contribution in [3.63, 3.8) is 0 Å². The van der Waals surface area contributed by atoms with Crippen LogP contribution >= 0.6 is 0 Å². The highest BCUT2D eigenvalue weighted by molar-refractivity contribution is 5.88. The summed E-state index contributed by atoms with van der Waals surface area (Å²) < 4.78 is 0. The molecule has 1 aromatic heterocycles. The van der Waals surface area contributed by atoms with Crippen LogP contribution in [0.15, 0.2) is 66.9 Å². The molecule has 3 aromatic rings. The number of Topliss-reactive ketones (excluding diaryl/α,β-unsaturated/α-hetero) is 1. The van der Waals surface area contributed by atoms with Gasteiger partial charge in [-0.15, -0.1) is 0 Å². The van der Waals surface area contributed by atoms with E-state index in [0.29, 0.717) is 12.8 Å². The van der Waals surface area contributed by atoms with Crippen LogP contribution in [0.4, 0.5) is 0 Å². The van der Waals surface area contributed by atoms with Crippen LogP contribution in [0.3, 0.4) is 0 Å². The molecule has 2 nitrogen and oxygen atoms in total. The van der Waals surface area contributed by atoms with E-state index in [2.05, 4.69) is 17.1 Å². The Labute approximate surface area is 124 Å². The molecule has 1 heterocycles. The zero-order valence-corrected chi connectivity index (χ0v) is 11.8. The van der Waals surface area contributed by atoms with Crippen LogP contribution < -0.4 is 0 Å². The van der Waals surface area contributed by atoms with E-state index in [1.807, 2.05) is 48.5 Å². The summed E-state index contributed by atoms with van der Waals surface area (Å²) >= 11 is 0. The number of carbonyl (C=O) groups is 1. The number of hydrogen-bond acceptors (Lipinski definition) is 2. The molecule has 104 valence electrons. The van der Waals surface area contributed by atoms with Crippen molar-refractivity contribution in [3.8, 4) is 0 Å². The van der Waals surface area contributed by atoms with Gasteiger partial charge in [-0.3, -0.25) is 9.78 Å². The normalized spacial score (nSPS) is 10.7. The van der Waals surface area contributed by atoms with Crippen LogP contribution in [0.5, 0.6) is 0 Å². The molecule has 0 amide bonds. The molecule has 0 saturated heterocycles. The Morgan fingerprint density at radius 3 is 2.52 bits per heavy atom. The van der Waals surface area contributed by atoms with Gasteiger partial charge in [0.25, 0.3) is 0 Å². The van der Waals surface area contributed by atoms with E-state index < -0.39 is 0 Å². The second-order valence-electron chi connectivity index (χ2n) is 5.19. The first kappa shape index (κ1) is 13.5. The molecular formula is C19H17NO. The van der Waals surface area contributed by atoms with Gasteiger partial charge < -0.3 is 0 Å². The van der Waals surface area contributed by atoms with Crippen LogP contribution in [0.25, 0.3) is 10.9 Å². The van der Waals surface area contributed by atoms with Gasteiger partial charge in [-0.2, -0.15) is 0 Å². The van der Waals surface area contributed by atoms with Crippen molar-refractivity contribution in [2.75, 3.05) is 0 Å². The number of fused-ring (bicyclic) bond motifs is 1. The van der Waals surface area contributed by atoms with Crippen LogP contribution in [0.1, 0.15) is 17.5 Å². The lowest BCUT2D eigenvalue weighted by Crippen LogP contribution is -2.05. The van der Waals surface area contributed by atoms with E-state index >= 15 is 0 Å². The predicted octanol–water partition coefficient (Wildman–Crippen LogP) is 3.98. The van der Waals surface area contributed by atoms with E-state index in [4.69, 9.17) is 0 Å². The van der Waals surface area contributed by atoms with E-state index in [1.165, 1.54) is 5.56 Å². The number of benzene rings is 2. The summed E-state index contributed by atoms with van der Waals surface area (Å²) in [7, 11) is 0. The standard InChI is InChI=1S/C19H17NO/c21-17(11-10-15-6-2-1-3-7-15)14-16-12-13-20-19-9-5-4-8-18(16)19/h1-9,12-13H,10-11,14H2. The molecule has 3 rings (SSSR count). The number of carbonyl (C=O) groups excluding carboxylic acids is 1. The molecule has 0 saturated carbocycles. The number of pyridine rings is 1. The number of aromatic nitrogens is 1. The largest absolute Gasteiger partial charge is 0.299 e. The van der Waals surface area contributed by atoms with Crippen LogP contribution in [-0.2, 0) is 17.6 Å². The second-order valence-corrected chi connectivity index (χ2v) is 5.19. The van der Waals surface area contributed by atoms with Crippen LogP contribution in [0, 0.1) is 0 Å². The summed E-state index contributed by atoms with van der Waals surface area (Å²) in [5.41, 5.74) is 3.23. The molecule has 0 unspecified atom stereocenters. The first-order valence-electron chi connectivity index (χ1n) is 7.21. The maximum atomic E-state index is 12.2. The van der Waals surface area contributed by atoms with Crippen molar-refractivity contribution in [3.05, 3.63) is 78.0 Å². The number of hydrogen-bond donors (Lipinski definition) is 0. The maximum absolute atomic E-state index is 12.2. The molecule has 0 fully saturated rings. The van der Waals surface area contributed by atoms with Crippen molar-refractivity contribution in [2.24, 2.45) is 0 Å². The van der Waals surface area contributed by atoms with Gasteiger partial charge in [-0.1, -0.05) is 48.5 Å². The van der Waals surface area contributed by atoms with Gasteiger partial charge in [0.2, 0.25) is 0 Å². The van der Waals surface area contributed by atoms with Crippen LogP contribution in [0.2, 0.25) is 0 Å². The van der Waals surface area contributed by atoms with Gasteiger partial charge in [0, 0.05) is 24.4 Å². The number of rotatable bonds is 5. The zero-order chi connectivity index (χ0) is 14.5. The third kappa shape index (κ3) is 3.34. The minimum atomic E-state index is 0.273. The molecule has 2 aromatic carbocycles. The topological polar surface area (TPSA) is 30.0 Å². The Hall–Kier alpha value is -2.48. The fourth-order valence-corrected chi connectivity index (χ4v) is 2.54. The van der Waals surface area contributed by atoms with E-state index in [-0.39, 0.29) is 5.78 Å². The molecule has 0 N–H and O–H groups in total. The molecule has 0 aliphatic carbocycles. The van der Waals surface area contributed by atoms with E-state index in [9.17, 15) is 4.79 Å². The highest BCUT2D eigenvalue weighted by Gasteiger charge is 2.07. The van der Waals surface area contributed by atoms with Crippen molar-refractivity contribution < 1.29 is 4.79 Å². The van der Waals surface area contributed by atoms with Gasteiger partial charge >= 0.3 is 0 Å². The SMILES string of the molecule is O=C(CCc1ccccc1)Cc1ccnc2ccccc12. The summed E-state index contributed by atoms with van der Waals surface area (Å²) in [6.45, 7) is 0. The Kier molecular flexibility index (Phi) is 4.06. The Morgan fingerprint density at radius 1 is 0.905 bits per heavy atom. The molecule has 21 heavy (non-hydrogen) atoms. The maximum Gasteiger partial charge on any atom is 0.137 e. The molecule has 0 aliphatic heterocycles. The molecular weight excluding hydrogens is 258 g/mol. The first-order chi connectivity index (χ1) is 10.3. The van der Waals surface area contributed by atoms with Crippen molar-refractivity contribution >= 4 is 16.7 Å². The lowest BCUT2D eigenvalue weighted by atomic mass is 10.0. The van der Waals surface area contributed by atoms with E-state index in [0.717, 1.165) is 22.9 Å². The molecule has 2 heteroatoms. The molecule has 0 radical (unpaired) electrons. The molecule has 0 atom stereocenters. The number of aryl methyl sites for hydroxylation is 1.